The van der Waals surface area contributed by atoms with Gasteiger partial charge < -0.3 is 10.2 Å². The monoisotopic (exact) mass is 252 g/mol. The molecule has 2 nitrogen and oxygen atoms in total. The predicted octanol–water partition coefficient (Wildman–Crippen LogP) is 3.28. The van der Waals surface area contributed by atoms with Crippen LogP contribution in [0.25, 0.3) is 0 Å². The largest absolute Gasteiger partial charge is 0.316 e. The van der Waals surface area contributed by atoms with E-state index in [2.05, 4.69) is 31.1 Å². The third kappa shape index (κ3) is 3.71. The molecule has 2 fully saturated rings. The second-order valence-corrected chi connectivity index (χ2v) is 7.24. The standard InChI is InChI=1S/C16H32N2/c1-16(2,14-8-7-11-17-12-14)13-18(3)15-9-5-4-6-10-15/h14-15,17H,4-13H2,1-3H3. The summed E-state index contributed by atoms with van der Waals surface area (Å²) in [6, 6.07) is 0.856. The van der Waals surface area contributed by atoms with Gasteiger partial charge in [-0.05, 0) is 57.2 Å². The minimum atomic E-state index is 0.458. The van der Waals surface area contributed by atoms with Gasteiger partial charge in [-0.25, -0.2) is 0 Å². The maximum atomic E-state index is 3.58. The first-order chi connectivity index (χ1) is 8.59. The van der Waals surface area contributed by atoms with Gasteiger partial charge in [0.15, 0.2) is 0 Å². The number of hydrogen-bond acceptors (Lipinski definition) is 2. The highest BCUT2D eigenvalue weighted by atomic mass is 15.1. The van der Waals surface area contributed by atoms with Crippen LogP contribution in [0.3, 0.4) is 0 Å². The van der Waals surface area contributed by atoms with Crippen molar-refractivity contribution in [2.24, 2.45) is 11.3 Å². The maximum absolute atomic E-state index is 3.58. The summed E-state index contributed by atoms with van der Waals surface area (Å²) < 4.78 is 0. The first kappa shape index (κ1) is 14.3. The lowest BCUT2D eigenvalue weighted by Crippen LogP contribution is -2.46. The van der Waals surface area contributed by atoms with Gasteiger partial charge in [0, 0.05) is 12.6 Å². The molecule has 0 aromatic rings. The highest BCUT2D eigenvalue weighted by Crippen LogP contribution is 2.34. The van der Waals surface area contributed by atoms with Crippen molar-refractivity contribution in [1.82, 2.24) is 10.2 Å². The molecule has 1 unspecified atom stereocenters. The quantitative estimate of drug-likeness (QED) is 0.826. The van der Waals surface area contributed by atoms with Crippen LogP contribution in [0.2, 0.25) is 0 Å². The van der Waals surface area contributed by atoms with E-state index in [1.54, 1.807) is 0 Å². The van der Waals surface area contributed by atoms with Gasteiger partial charge in [0.25, 0.3) is 0 Å². The second kappa shape index (κ2) is 6.38. The van der Waals surface area contributed by atoms with Crippen molar-refractivity contribution in [1.29, 1.82) is 0 Å². The van der Waals surface area contributed by atoms with Crippen LogP contribution in [-0.4, -0.2) is 37.6 Å². The van der Waals surface area contributed by atoms with Crippen molar-refractivity contribution < 1.29 is 0 Å². The van der Waals surface area contributed by atoms with E-state index in [1.807, 2.05) is 0 Å². The number of piperidine rings is 1. The Morgan fingerprint density at radius 2 is 1.78 bits per heavy atom. The van der Waals surface area contributed by atoms with E-state index < -0.39 is 0 Å². The predicted molar refractivity (Wildman–Crippen MR) is 78.9 cm³/mol. The molecule has 1 N–H and O–H groups in total. The molecule has 18 heavy (non-hydrogen) atoms. The van der Waals surface area contributed by atoms with Crippen molar-refractivity contribution in [3.63, 3.8) is 0 Å². The van der Waals surface area contributed by atoms with Crippen molar-refractivity contribution >= 4 is 0 Å². The highest BCUT2D eigenvalue weighted by molar-refractivity contribution is 4.87. The van der Waals surface area contributed by atoms with Crippen LogP contribution in [0.5, 0.6) is 0 Å². The van der Waals surface area contributed by atoms with E-state index in [0.717, 1.165) is 12.0 Å². The summed E-state index contributed by atoms with van der Waals surface area (Å²) in [5, 5.41) is 3.58. The van der Waals surface area contributed by atoms with Gasteiger partial charge in [-0.2, -0.15) is 0 Å². The van der Waals surface area contributed by atoms with Crippen LogP contribution in [0, 0.1) is 11.3 Å². The number of rotatable bonds is 4. The van der Waals surface area contributed by atoms with Crippen LogP contribution in [0.4, 0.5) is 0 Å². The lowest BCUT2D eigenvalue weighted by molar-refractivity contribution is 0.0792. The highest BCUT2D eigenvalue weighted by Gasteiger charge is 2.33. The fraction of sp³-hybridized carbons (Fsp3) is 1.00. The molecule has 0 bridgehead atoms. The fourth-order valence-corrected chi connectivity index (χ4v) is 3.94. The van der Waals surface area contributed by atoms with E-state index in [0.29, 0.717) is 5.41 Å². The van der Waals surface area contributed by atoms with Crippen molar-refractivity contribution in [3.8, 4) is 0 Å². The van der Waals surface area contributed by atoms with E-state index in [1.165, 1.54) is 64.6 Å². The Labute approximate surface area is 114 Å². The van der Waals surface area contributed by atoms with Crippen LogP contribution in [-0.2, 0) is 0 Å². The first-order valence-electron chi connectivity index (χ1n) is 8.00. The van der Waals surface area contributed by atoms with E-state index in [-0.39, 0.29) is 0 Å². The Morgan fingerprint density at radius 3 is 2.39 bits per heavy atom. The normalized spacial score (nSPS) is 27.7. The van der Waals surface area contributed by atoms with Gasteiger partial charge in [0.1, 0.15) is 0 Å². The molecule has 106 valence electrons. The minimum absolute atomic E-state index is 0.458. The molecule has 0 aromatic heterocycles. The van der Waals surface area contributed by atoms with Crippen LogP contribution in [0.15, 0.2) is 0 Å². The molecule has 1 atom stereocenters. The van der Waals surface area contributed by atoms with Gasteiger partial charge in [-0.3, -0.25) is 0 Å². The van der Waals surface area contributed by atoms with Crippen molar-refractivity contribution in [2.45, 2.75) is 64.8 Å². The summed E-state index contributed by atoms with van der Waals surface area (Å²) in [6.45, 7) is 8.68. The number of hydrogen-bond donors (Lipinski definition) is 1. The molecule has 1 heterocycles. The van der Waals surface area contributed by atoms with Gasteiger partial charge >= 0.3 is 0 Å². The lowest BCUT2D eigenvalue weighted by Gasteiger charge is -2.42. The van der Waals surface area contributed by atoms with Crippen molar-refractivity contribution in [3.05, 3.63) is 0 Å². The molecule has 2 heteroatoms. The first-order valence-corrected chi connectivity index (χ1v) is 8.00. The molecule has 2 aliphatic rings. The van der Waals surface area contributed by atoms with Crippen molar-refractivity contribution in [2.75, 3.05) is 26.7 Å². The number of nitrogens with one attached hydrogen (secondary N) is 1. The van der Waals surface area contributed by atoms with Crippen LogP contribution >= 0.6 is 0 Å². The van der Waals surface area contributed by atoms with Gasteiger partial charge in [-0.15, -0.1) is 0 Å². The molecule has 1 aliphatic heterocycles. The summed E-state index contributed by atoms with van der Waals surface area (Å²) >= 11 is 0. The molecule has 2 rings (SSSR count). The summed E-state index contributed by atoms with van der Waals surface area (Å²) in [7, 11) is 2.36. The third-order valence-electron chi connectivity index (χ3n) is 5.26. The minimum Gasteiger partial charge on any atom is -0.316 e. The zero-order chi connectivity index (χ0) is 13.0. The fourth-order valence-electron chi connectivity index (χ4n) is 3.94. The summed E-state index contributed by atoms with van der Waals surface area (Å²) in [5.41, 5.74) is 0.458. The Balaban J connectivity index is 1.85. The van der Waals surface area contributed by atoms with Gasteiger partial charge in [0.2, 0.25) is 0 Å². The second-order valence-electron chi connectivity index (χ2n) is 7.24. The molecule has 1 aliphatic carbocycles. The SMILES string of the molecule is CN(CC(C)(C)C1CCCNC1)C1CCCCC1. The summed E-state index contributed by atoms with van der Waals surface area (Å²) in [6.07, 6.45) is 9.98. The maximum Gasteiger partial charge on any atom is 0.00924 e. The Morgan fingerprint density at radius 1 is 1.06 bits per heavy atom. The summed E-state index contributed by atoms with van der Waals surface area (Å²) in [4.78, 5) is 2.66. The van der Waals surface area contributed by atoms with Crippen LogP contribution in [0.1, 0.15) is 58.8 Å². The van der Waals surface area contributed by atoms with E-state index in [4.69, 9.17) is 0 Å². The smallest absolute Gasteiger partial charge is 0.00924 e. The zero-order valence-corrected chi connectivity index (χ0v) is 12.7. The van der Waals surface area contributed by atoms with Gasteiger partial charge in [0.05, 0.1) is 0 Å². The molecule has 0 amide bonds. The molecular weight excluding hydrogens is 220 g/mol. The molecule has 1 saturated carbocycles. The average molecular weight is 252 g/mol. The Kier molecular flexibility index (Phi) is 5.08. The molecule has 1 saturated heterocycles. The lowest BCUT2D eigenvalue weighted by atomic mass is 9.74. The molecule has 0 aromatic carbocycles. The van der Waals surface area contributed by atoms with E-state index in [9.17, 15) is 0 Å². The number of nitrogens with zero attached hydrogens (tertiary/aromatic N) is 1. The average Bonchev–Trinajstić information content (AvgIpc) is 2.40. The third-order valence-corrected chi connectivity index (χ3v) is 5.26. The Bertz CT molecular complexity index is 237. The van der Waals surface area contributed by atoms with Crippen LogP contribution < -0.4 is 5.32 Å². The van der Waals surface area contributed by atoms with Gasteiger partial charge in [-0.1, -0.05) is 33.1 Å². The summed E-state index contributed by atoms with van der Waals surface area (Å²) in [5.74, 6) is 0.859. The molecular formula is C16H32N2. The molecule has 0 spiro atoms. The molecule has 0 radical (unpaired) electrons. The Hall–Kier alpha value is -0.0800. The zero-order valence-electron chi connectivity index (χ0n) is 12.7. The topological polar surface area (TPSA) is 15.3 Å². The van der Waals surface area contributed by atoms with E-state index >= 15 is 0 Å².